The van der Waals surface area contributed by atoms with Crippen molar-refractivity contribution in [2.24, 2.45) is 0 Å². The Morgan fingerprint density at radius 1 is 1.22 bits per heavy atom. The molecule has 27 heavy (non-hydrogen) atoms. The molecule has 0 amide bonds. The lowest BCUT2D eigenvalue weighted by atomic mass is 10.1. The topological polar surface area (TPSA) is 94.3 Å². The second kappa shape index (κ2) is 8.55. The number of carbonyl (C=O) groups excluding carboxylic acids is 1. The quantitative estimate of drug-likeness (QED) is 0.652. The van der Waals surface area contributed by atoms with Crippen molar-refractivity contribution in [2.75, 3.05) is 6.61 Å². The molecule has 1 N–H and O–H groups in total. The van der Waals surface area contributed by atoms with Crippen LogP contribution in [0.3, 0.4) is 0 Å². The van der Waals surface area contributed by atoms with Gasteiger partial charge in [-0.3, -0.25) is 9.36 Å². The summed E-state index contributed by atoms with van der Waals surface area (Å²) in [6.07, 6.45) is 3.31. The van der Waals surface area contributed by atoms with Crippen LogP contribution in [0.2, 0.25) is 0 Å². The Morgan fingerprint density at radius 2 is 2.00 bits per heavy atom. The second-order valence-corrected chi connectivity index (χ2v) is 6.39. The van der Waals surface area contributed by atoms with Crippen LogP contribution in [-0.4, -0.2) is 38.1 Å². The number of hydrogen-bond acceptors (Lipinski definition) is 6. The molecule has 1 atom stereocenters. The van der Waals surface area contributed by atoms with Crippen molar-refractivity contribution >= 4 is 16.8 Å². The maximum absolute atomic E-state index is 12.4. The lowest BCUT2D eigenvalue weighted by molar-refractivity contribution is -0.116. The second-order valence-electron chi connectivity index (χ2n) is 6.39. The molecule has 0 aliphatic heterocycles. The zero-order chi connectivity index (χ0) is 19.2. The summed E-state index contributed by atoms with van der Waals surface area (Å²) in [5, 5.41) is 10.6. The van der Waals surface area contributed by atoms with Crippen LogP contribution in [0, 0.1) is 0 Å². The van der Waals surface area contributed by atoms with E-state index in [0.29, 0.717) is 29.6 Å². The fourth-order valence-electron chi connectivity index (χ4n) is 2.67. The van der Waals surface area contributed by atoms with Crippen LogP contribution in [0.1, 0.15) is 18.9 Å². The summed E-state index contributed by atoms with van der Waals surface area (Å²) in [7, 11) is 0. The van der Waals surface area contributed by atoms with Crippen molar-refractivity contribution in [1.29, 1.82) is 0 Å². The summed E-state index contributed by atoms with van der Waals surface area (Å²) in [5.74, 6) is 0.779. The van der Waals surface area contributed by atoms with Gasteiger partial charge in [-0.05, 0) is 43.2 Å². The normalized spacial score (nSPS) is 12.1. The molecule has 3 aromatic rings. The molecule has 1 aromatic carbocycles. The van der Waals surface area contributed by atoms with Crippen LogP contribution in [-0.2, 0) is 17.8 Å². The number of aryl methyl sites for hydroxylation is 1. The van der Waals surface area contributed by atoms with Gasteiger partial charge in [-0.25, -0.2) is 9.97 Å². The summed E-state index contributed by atoms with van der Waals surface area (Å²) in [5.41, 5.74) is 1.19. The first kappa shape index (κ1) is 18.7. The molecule has 0 aliphatic rings. The monoisotopic (exact) mass is 367 g/mol. The third kappa shape index (κ3) is 4.98. The lowest BCUT2D eigenvalue weighted by Crippen LogP contribution is -2.30. The molecule has 3 rings (SSSR count). The van der Waals surface area contributed by atoms with Gasteiger partial charge in [-0.1, -0.05) is 12.1 Å². The zero-order valence-electron chi connectivity index (χ0n) is 15.0. The molecule has 0 saturated carbocycles. The predicted octanol–water partition coefficient (Wildman–Crippen LogP) is 1.75. The molecule has 1 unspecified atom stereocenters. The van der Waals surface area contributed by atoms with Gasteiger partial charge in [0.1, 0.15) is 30.6 Å². The van der Waals surface area contributed by atoms with E-state index in [9.17, 15) is 14.7 Å². The van der Waals surface area contributed by atoms with E-state index in [1.54, 1.807) is 37.4 Å². The molecule has 0 aliphatic carbocycles. The Kier molecular flexibility index (Phi) is 5.93. The van der Waals surface area contributed by atoms with Crippen LogP contribution in [0.25, 0.3) is 11.0 Å². The first-order valence-corrected chi connectivity index (χ1v) is 8.72. The predicted molar refractivity (Wildman–Crippen MR) is 101 cm³/mol. The third-order valence-corrected chi connectivity index (χ3v) is 4.14. The number of carbonyl (C=O) groups is 1. The number of fused-ring (bicyclic) bond motifs is 1. The Balaban J connectivity index is 1.57. The number of nitrogens with zero attached hydrogens (tertiary/aromatic N) is 3. The van der Waals surface area contributed by atoms with Crippen molar-refractivity contribution < 1.29 is 14.6 Å². The third-order valence-electron chi connectivity index (χ3n) is 4.14. The minimum Gasteiger partial charge on any atom is -0.491 e. The molecule has 2 heterocycles. The number of ketones is 1. The van der Waals surface area contributed by atoms with Gasteiger partial charge < -0.3 is 14.6 Å². The average Bonchev–Trinajstić information content (AvgIpc) is 2.68. The van der Waals surface area contributed by atoms with E-state index in [1.807, 2.05) is 12.1 Å². The minimum absolute atomic E-state index is 0.0459. The Hall–Kier alpha value is -3.06. The molecular weight excluding hydrogens is 346 g/mol. The van der Waals surface area contributed by atoms with E-state index in [-0.39, 0.29) is 24.5 Å². The van der Waals surface area contributed by atoms with Gasteiger partial charge in [-0.15, -0.1) is 0 Å². The number of aliphatic hydroxyl groups excluding tert-OH is 1. The number of rotatable bonds is 8. The number of pyridine rings is 1. The molecule has 0 bridgehead atoms. The van der Waals surface area contributed by atoms with E-state index in [1.165, 1.54) is 10.9 Å². The molecule has 2 aromatic heterocycles. The fourth-order valence-corrected chi connectivity index (χ4v) is 2.67. The molecule has 7 heteroatoms. The number of Topliss-reactive ketones (excluding diaryl/α,β-unsaturated/α-hetero) is 1. The number of ether oxygens (including phenoxy) is 1. The van der Waals surface area contributed by atoms with Gasteiger partial charge in [0, 0.05) is 12.6 Å². The maximum Gasteiger partial charge on any atom is 0.262 e. The van der Waals surface area contributed by atoms with Crippen molar-refractivity contribution in [3.05, 3.63) is 64.8 Å². The smallest absolute Gasteiger partial charge is 0.262 e. The molecule has 0 saturated heterocycles. The van der Waals surface area contributed by atoms with E-state index in [4.69, 9.17) is 4.74 Å². The summed E-state index contributed by atoms with van der Waals surface area (Å²) < 4.78 is 6.93. The Morgan fingerprint density at radius 3 is 2.74 bits per heavy atom. The van der Waals surface area contributed by atoms with Gasteiger partial charge in [-0.2, -0.15) is 0 Å². The summed E-state index contributed by atoms with van der Waals surface area (Å²) in [6.45, 7) is 1.70. The van der Waals surface area contributed by atoms with Gasteiger partial charge in [0.15, 0.2) is 5.65 Å². The largest absolute Gasteiger partial charge is 0.491 e. The highest BCUT2D eigenvalue weighted by molar-refractivity contribution is 5.75. The lowest BCUT2D eigenvalue weighted by Gasteiger charge is -2.14. The minimum atomic E-state index is -0.865. The van der Waals surface area contributed by atoms with Gasteiger partial charge in [0.05, 0.1) is 11.9 Å². The highest BCUT2D eigenvalue weighted by Crippen LogP contribution is 2.14. The fraction of sp³-hybridized carbons (Fsp3) is 0.300. The van der Waals surface area contributed by atoms with E-state index in [0.717, 1.165) is 5.56 Å². The van der Waals surface area contributed by atoms with Crippen molar-refractivity contribution in [3.63, 3.8) is 0 Å². The van der Waals surface area contributed by atoms with Gasteiger partial charge in [0.25, 0.3) is 5.56 Å². The molecular formula is C20H21N3O4. The highest BCUT2D eigenvalue weighted by Gasteiger charge is 2.10. The van der Waals surface area contributed by atoms with Crippen molar-refractivity contribution in [3.8, 4) is 5.75 Å². The first-order chi connectivity index (χ1) is 13.0. The summed E-state index contributed by atoms with van der Waals surface area (Å²) in [4.78, 5) is 31.6. The van der Waals surface area contributed by atoms with E-state index in [2.05, 4.69) is 9.97 Å². The first-order valence-electron chi connectivity index (χ1n) is 8.72. The molecule has 0 fully saturated rings. The van der Waals surface area contributed by atoms with E-state index >= 15 is 0 Å². The van der Waals surface area contributed by atoms with Crippen LogP contribution in [0.5, 0.6) is 5.75 Å². The molecule has 0 spiro atoms. The van der Waals surface area contributed by atoms with Crippen LogP contribution < -0.4 is 10.3 Å². The van der Waals surface area contributed by atoms with Crippen LogP contribution >= 0.6 is 0 Å². The number of aliphatic hydroxyl groups is 1. The van der Waals surface area contributed by atoms with Crippen molar-refractivity contribution in [1.82, 2.24) is 14.5 Å². The highest BCUT2D eigenvalue weighted by atomic mass is 16.5. The van der Waals surface area contributed by atoms with E-state index < -0.39 is 6.10 Å². The number of hydrogen-bond donors (Lipinski definition) is 1. The SMILES string of the molecule is CC(=O)CCc1ccc(OCC(O)Cn2cnc3ncccc3c2=O)cc1. The molecule has 140 valence electrons. The van der Waals surface area contributed by atoms with Gasteiger partial charge in [0.2, 0.25) is 0 Å². The average molecular weight is 367 g/mol. The standard InChI is InChI=1S/C20H21N3O4/c1-14(24)4-5-15-6-8-17(9-7-15)27-12-16(25)11-23-13-22-19-18(20(23)26)3-2-10-21-19/h2-3,6-10,13,16,25H,4-5,11-12H2,1H3. The van der Waals surface area contributed by atoms with Crippen LogP contribution in [0.4, 0.5) is 0 Å². The van der Waals surface area contributed by atoms with Crippen LogP contribution in [0.15, 0.2) is 53.7 Å². The zero-order valence-corrected chi connectivity index (χ0v) is 15.0. The van der Waals surface area contributed by atoms with Crippen molar-refractivity contribution in [2.45, 2.75) is 32.4 Å². The Labute approximate surface area is 156 Å². The molecule has 0 radical (unpaired) electrons. The summed E-state index contributed by atoms with van der Waals surface area (Å²) >= 11 is 0. The number of benzene rings is 1. The molecule has 7 nitrogen and oxygen atoms in total. The Bertz CT molecular complexity index is 982. The number of aromatic nitrogens is 3. The maximum atomic E-state index is 12.4. The van der Waals surface area contributed by atoms with Gasteiger partial charge >= 0.3 is 0 Å². The summed E-state index contributed by atoms with van der Waals surface area (Å²) in [6, 6.07) is 10.7.